The zero-order valence-electron chi connectivity index (χ0n) is 11.4. The first-order chi connectivity index (χ1) is 9.61. The van der Waals surface area contributed by atoms with Crippen molar-refractivity contribution < 1.29 is 4.79 Å². The molecule has 0 atom stereocenters. The van der Waals surface area contributed by atoms with Gasteiger partial charge in [-0.05, 0) is 6.42 Å². The lowest BCUT2D eigenvalue weighted by Gasteiger charge is -2.14. The Hall–Kier alpha value is -1.67. The molecule has 20 heavy (non-hydrogen) atoms. The maximum Gasteiger partial charge on any atom is 0.267 e. The van der Waals surface area contributed by atoms with E-state index >= 15 is 0 Å². The van der Waals surface area contributed by atoms with E-state index in [0.29, 0.717) is 16.6 Å². The van der Waals surface area contributed by atoms with Gasteiger partial charge in [-0.1, -0.05) is 18.3 Å². The average molecular weight is 311 g/mol. The second-order valence-electron chi connectivity index (χ2n) is 4.30. The highest BCUT2D eigenvalue weighted by Gasteiger charge is 2.20. The van der Waals surface area contributed by atoms with Crippen molar-refractivity contribution in [1.82, 2.24) is 14.9 Å². The van der Waals surface area contributed by atoms with Crippen LogP contribution >= 0.6 is 22.7 Å². The number of nitrogen functional groups attached to an aromatic ring is 1. The molecule has 3 N–H and O–H groups in total. The summed E-state index contributed by atoms with van der Waals surface area (Å²) in [5.41, 5.74) is 8.45. The number of amides is 1. The van der Waals surface area contributed by atoms with Crippen molar-refractivity contribution in [3.63, 3.8) is 0 Å². The summed E-state index contributed by atoms with van der Waals surface area (Å²) in [5, 5.41) is 5.76. The molecule has 0 unspecified atom stereocenters. The minimum Gasteiger partial charge on any atom is -0.382 e. The van der Waals surface area contributed by atoms with Crippen LogP contribution in [0.5, 0.6) is 0 Å². The quantitative estimate of drug-likeness (QED) is 0.855. The van der Waals surface area contributed by atoms with E-state index in [1.54, 1.807) is 17.5 Å². The van der Waals surface area contributed by atoms with Crippen molar-refractivity contribution in [1.29, 1.82) is 0 Å². The SMILES string of the molecule is CCCNc1nc(N)c(C(=O)N(C)Cc2cscn2)s1. The van der Waals surface area contributed by atoms with Gasteiger partial charge in [0.15, 0.2) is 5.13 Å². The molecule has 0 saturated carbocycles. The molecule has 108 valence electrons. The molecule has 6 nitrogen and oxygen atoms in total. The van der Waals surface area contributed by atoms with Gasteiger partial charge in [-0.3, -0.25) is 4.79 Å². The van der Waals surface area contributed by atoms with Gasteiger partial charge in [-0.2, -0.15) is 0 Å². The monoisotopic (exact) mass is 311 g/mol. The smallest absolute Gasteiger partial charge is 0.267 e. The van der Waals surface area contributed by atoms with E-state index in [2.05, 4.69) is 22.2 Å². The van der Waals surface area contributed by atoms with Crippen molar-refractivity contribution in [2.24, 2.45) is 0 Å². The van der Waals surface area contributed by atoms with Crippen LogP contribution in [-0.2, 0) is 6.54 Å². The molecule has 0 aliphatic heterocycles. The fraction of sp³-hybridized carbons (Fsp3) is 0.417. The van der Waals surface area contributed by atoms with Gasteiger partial charge in [0.25, 0.3) is 5.91 Å². The van der Waals surface area contributed by atoms with Crippen molar-refractivity contribution >= 4 is 39.5 Å². The Morgan fingerprint density at radius 3 is 3.00 bits per heavy atom. The Balaban J connectivity index is 2.06. The van der Waals surface area contributed by atoms with Gasteiger partial charge in [0.05, 0.1) is 17.7 Å². The number of hydrogen-bond acceptors (Lipinski definition) is 7. The number of nitrogens with one attached hydrogen (secondary N) is 1. The third-order valence-corrected chi connectivity index (χ3v) is 4.26. The Kier molecular flexibility index (Phi) is 4.91. The van der Waals surface area contributed by atoms with Gasteiger partial charge in [-0.25, -0.2) is 9.97 Å². The van der Waals surface area contributed by atoms with Gasteiger partial charge >= 0.3 is 0 Å². The summed E-state index contributed by atoms with van der Waals surface area (Å²) < 4.78 is 0. The van der Waals surface area contributed by atoms with Crippen LogP contribution in [0.3, 0.4) is 0 Å². The molecule has 0 bridgehead atoms. The van der Waals surface area contributed by atoms with Crippen molar-refractivity contribution in [2.75, 3.05) is 24.6 Å². The number of anilines is 2. The molecule has 2 aromatic heterocycles. The molecule has 2 heterocycles. The second kappa shape index (κ2) is 6.67. The van der Waals surface area contributed by atoms with Crippen LogP contribution in [0.4, 0.5) is 10.9 Å². The van der Waals surface area contributed by atoms with E-state index in [1.165, 1.54) is 22.7 Å². The van der Waals surface area contributed by atoms with Crippen LogP contribution < -0.4 is 11.1 Å². The van der Waals surface area contributed by atoms with Gasteiger partial charge in [0, 0.05) is 19.0 Å². The molecular weight excluding hydrogens is 294 g/mol. The number of nitrogens with zero attached hydrogens (tertiary/aromatic N) is 3. The normalized spacial score (nSPS) is 10.5. The molecule has 0 radical (unpaired) electrons. The highest BCUT2D eigenvalue weighted by Crippen LogP contribution is 2.26. The summed E-state index contributed by atoms with van der Waals surface area (Å²) in [7, 11) is 1.74. The van der Waals surface area contributed by atoms with E-state index in [1.807, 2.05) is 5.38 Å². The number of nitrogens with two attached hydrogens (primary N) is 1. The van der Waals surface area contributed by atoms with Crippen LogP contribution in [0.25, 0.3) is 0 Å². The fourth-order valence-corrected chi connectivity index (χ4v) is 3.05. The molecule has 0 aliphatic rings. The van der Waals surface area contributed by atoms with Crippen molar-refractivity contribution in [2.45, 2.75) is 19.9 Å². The van der Waals surface area contributed by atoms with E-state index in [0.717, 1.165) is 18.7 Å². The zero-order valence-corrected chi connectivity index (χ0v) is 13.1. The molecule has 0 saturated heterocycles. The Morgan fingerprint density at radius 1 is 1.55 bits per heavy atom. The van der Waals surface area contributed by atoms with Crippen molar-refractivity contribution in [3.05, 3.63) is 21.5 Å². The molecule has 2 rings (SSSR count). The summed E-state index contributed by atoms with van der Waals surface area (Å²) in [6.45, 7) is 3.35. The Labute approximate surface area is 125 Å². The van der Waals surface area contributed by atoms with E-state index < -0.39 is 0 Å². The predicted octanol–water partition coefficient (Wildman–Crippen LogP) is 2.28. The molecular formula is C12H17N5OS2. The summed E-state index contributed by atoms with van der Waals surface area (Å²) in [5.74, 6) is 0.154. The number of aromatic nitrogens is 2. The van der Waals surface area contributed by atoms with Crippen LogP contribution in [0, 0.1) is 0 Å². The average Bonchev–Trinajstić information content (AvgIpc) is 3.05. The number of thiazole rings is 2. The number of hydrogen-bond donors (Lipinski definition) is 2. The first-order valence-corrected chi connectivity index (χ1v) is 8.00. The molecule has 0 aliphatic carbocycles. The predicted molar refractivity (Wildman–Crippen MR) is 83.2 cm³/mol. The van der Waals surface area contributed by atoms with Crippen LogP contribution in [0.15, 0.2) is 10.9 Å². The topological polar surface area (TPSA) is 84.1 Å². The molecule has 2 aromatic rings. The molecule has 0 fully saturated rings. The Morgan fingerprint density at radius 2 is 2.35 bits per heavy atom. The number of carbonyl (C=O) groups is 1. The van der Waals surface area contributed by atoms with Crippen molar-refractivity contribution in [3.8, 4) is 0 Å². The summed E-state index contributed by atoms with van der Waals surface area (Å²) in [6.07, 6.45) is 0.993. The fourth-order valence-electron chi connectivity index (χ4n) is 1.60. The molecule has 0 aromatic carbocycles. The Bertz CT molecular complexity index is 566. The highest BCUT2D eigenvalue weighted by atomic mass is 32.1. The van der Waals surface area contributed by atoms with E-state index in [4.69, 9.17) is 5.73 Å². The number of carbonyl (C=O) groups excluding carboxylic acids is 1. The maximum atomic E-state index is 12.3. The molecule has 8 heteroatoms. The first-order valence-electron chi connectivity index (χ1n) is 6.24. The van der Waals surface area contributed by atoms with Gasteiger partial charge in [0.1, 0.15) is 10.7 Å². The van der Waals surface area contributed by atoms with Gasteiger partial charge < -0.3 is 16.0 Å². The summed E-state index contributed by atoms with van der Waals surface area (Å²) in [4.78, 5) is 22.8. The minimum atomic E-state index is -0.127. The van der Waals surface area contributed by atoms with Gasteiger partial charge in [-0.15, -0.1) is 11.3 Å². The summed E-state index contributed by atoms with van der Waals surface area (Å²) in [6, 6.07) is 0. The molecule has 0 spiro atoms. The van der Waals surface area contributed by atoms with Crippen LogP contribution in [-0.4, -0.2) is 34.4 Å². The molecule has 1 amide bonds. The highest BCUT2D eigenvalue weighted by molar-refractivity contribution is 7.18. The lowest BCUT2D eigenvalue weighted by Crippen LogP contribution is -2.26. The third-order valence-electron chi connectivity index (χ3n) is 2.60. The lowest BCUT2D eigenvalue weighted by molar-refractivity contribution is 0.0789. The lowest BCUT2D eigenvalue weighted by atomic mass is 10.4. The standard InChI is InChI=1S/C12H17N5OS2/c1-3-4-14-12-16-10(13)9(20-12)11(18)17(2)5-8-6-19-7-15-8/h6-7H,3-5,13H2,1-2H3,(H,14,16). The number of rotatable bonds is 6. The minimum absolute atomic E-state index is 0.127. The zero-order chi connectivity index (χ0) is 14.5. The summed E-state index contributed by atoms with van der Waals surface area (Å²) >= 11 is 2.80. The maximum absolute atomic E-state index is 12.3. The van der Waals surface area contributed by atoms with Crippen LogP contribution in [0.1, 0.15) is 28.7 Å². The largest absolute Gasteiger partial charge is 0.382 e. The van der Waals surface area contributed by atoms with Crippen LogP contribution in [0.2, 0.25) is 0 Å². The van der Waals surface area contributed by atoms with Gasteiger partial charge in [0.2, 0.25) is 0 Å². The third kappa shape index (κ3) is 3.45. The van der Waals surface area contributed by atoms with E-state index in [-0.39, 0.29) is 11.7 Å². The first kappa shape index (κ1) is 14.7. The second-order valence-corrected chi connectivity index (χ2v) is 6.02. The van der Waals surface area contributed by atoms with E-state index in [9.17, 15) is 4.79 Å².